The maximum atomic E-state index is 6.21. The van der Waals surface area contributed by atoms with E-state index in [1.807, 2.05) is 0 Å². The zero-order valence-electron chi connectivity index (χ0n) is 19.8. The molecule has 4 heterocycles. The van der Waals surface area contributed by atoms with E-state index in [4.69, 9.17) is 14.9 Å². The second kappa shape index (κ2) is 10.7. The molecule has 1 fully saturated rings. The Morgan fingerprint density at radius 3 is 2.29 bits per heavy atom. The van der Waals surface area contributed by atoms with Gasteiger partial charge in [0.2, 0.25) is 0 Å². The summed E-state index contributed by atoms with van der Waals surface area (Å²) in [6.07, 6.45) is 13.4. The molecule has 1 atom stereocenters. The van der Waals surface area contributed by atoms with Crippen molar-refractivity contribution >= 4 is 38.6 Å². The van der Waals surface area contributed by atoms with Crippen molar-refractivity contribution < 1.29 is 4.74 Å². The number of hydrogen-bond acceptors (Lipinski definition) is 3. The molecule has 0 bridgehead atoms. The Hall–Kier alpha value is -1.08. The molecule has 3 aromatic heterocycles. The zero-order valence-corrected chi connectivity index (χ0v) is 22.6. The van der Waals surface area contributed by atoms with Crippen LogP contribution < -0.4 is 3.71 Å². The minimum atomic E-state index is -2.73. The van der Waals surface area contributed by atoms with Crippen molar-refractivity contribution in [3.05, 3.63) is 24.4 Å². The van der Waals surface area contributed by atoms with Crippen LogP contribution in [0.1, 0.15) is 84.8 Å². The molecule has 0 amide bonds. The van der Waals surface area contributed by atoms with Gasteiger partial charge in [0.05, 0.1) is 0 Å². The van der Waals surface area contributed by atoms with Gasteiger partial charge in [0.25, 0.3) is 0 Å². The molecule has 5 nitrogen and oxygen atoms in total. The molecule has 0 aliphatic carbocycles. The molecule has 0 spiro atoms. The second-order valence-electron chi connectivity index (χ2n) is 9.43. The molecule has 170 valence electrons. The fourth-order valence-corrected chi connectivity index (χ4v) is 21.4. The van der Waals surface area contributed by atoms with E-state index in [1.165, 1.54) is 72.9 Å². The van der Waals surface area contributed by atoms with E-state index in [0.29, 0.717) is 0 Å². The average Bonchev–Trinajstić information content (AvgIpc) is 3.37. The Kier molecular flexibility index (Phi) is 7.96. The summed E-state index contributed by atoms with van der Waals surface area (Å²) in [5.41, 5.74) is 2.29. The van der Waals surface area contributed by atoms with Crippen LogP contribution in [-0.2, 0) is 4.74 Å². The second-order valence-corrected chi connectivity index (χ2v) is 22.4. The van der Waals surface area contributed by atoms with Crippen molar-refractivity contribution in [1.82, 2.24) is 19.4 Å². The van der Waals surface area contributed by atoms with Crippen LogP contribution in [0, 0.1) is 0 Å². The molecule has 0 radical (unpaired) electrons. The van der Waals surface area contributed by atoms with E-state index in [0.717, 1.165) is 25.1 Å². The number of nitrogens with zero attached hydrogens (tertiary/aromatic N) is 4. The summed E-state index contributed by atoms with van der Waals surface area (Å²) in [5, 5.41) is 11.9. The SMILES string of the molecule is CCC[CH2][Sn]([CH2]CCC)([CH2]CCC)[c]1nn(C2CCCCO2)c2nn3ccccc3c12. The normalized spacial score (nSPS) is 17.7. The van der Waals surface area contributed by atoms with Crippen molar-refractivity contribution in [3.63, 3.8) is 0 Å². The van der Waals surface area contributed by atoms with E-state index in [1.54, 1.807) is 0 Å². The van der Waals surface area contributed by atoms with Gasteiger partial charge in [-0.25, -0.2) is 0 Å². The standard InChI is InChI=1S/C13H13N4O.3C4H9.Sn/c1-3-7-16-11(5-1)10-9-14-17(13(10)15-16)12-6-2-4-8-18-12;3*1-3-4-2;/h1,3,5,7,12H,2,4,6,8H2;3*1,3-4H2,2H3;. The third-order valence-corrected chi connectivity index (χ3v) is 22.2. The van der Waals surface area contributed by atoms with Gasteiger partial charge in [-0.1, -0.05) is 0 Å². The number of fused-ring (bicyclic) bond motifs is 3. The van der Waals surface area contributed by atoms with Crippen LogP contribution in [-0.4, -0.2) is 44.4 Å². The van der Waals surface area contributed by atoms with Gasteiger partial charge in [-0.2, -0.15) is 0 Å². The molecular formula is C25H40N4OSn. The van der Waals surface area contributed by atoms with Crippen molar-refractivity contribution in [3.8, 4) is 0 Å². The maximum absolute atomic E-state index is 6.21. The van der Waals surface area contributed by atoms with Gasteiger partial charge in [-0.15, -0.1) is 0 Å². The summed E-state index contributed by atoms with van der Waals surface area (Å²) in [7, 11) is 0. The molecule has 3 aromatic rings. The van der Waals surface area contributed by atoms with Crippen molar-refractivity contribution in [2.75, 3.05) is 6.61 Å². The summed E-state index contributed by atoms with van der Waals surface area (Å²) in [5.74, 6) is 0. The fraction of sp³-hybridized carbons (Fsp3) is 0.680. The Morgan fingerprint density at radius 2 is 1.68 bits per heavy atom. The average molecular weight is 531 g/mol. The number of rotatable bonds is 11. The molecule has 1 unspecified atom stereocenters. The Bertz CT molecular complexity index is 951. The third kappa shape index (κ3) is 4.68. The number of unbranched alkanes of at least 4 members (excludes halogenated alkanes) is 3. The van der Waals surface area contributed by atoms with Crippen LogP contribution in [0.15, 0.2) is 24.4 Å². The molecule has 6 heteroatoms. The predicted molar refractivity (Wildman–Crippen MR) is 132 cm³/mol. The summed E-state index contributed by atoms with van der Waals surface area (Å²) in [6, 6.07) is 6.47. The van der Waals surface area contributed by atoms with Gasteiger partial charge < -0.3 is 0 Å². The van der Waals surface area contributed by atoms with Crippen LogP contribution in [0.3, 0.4) is 0 Å². The first kappa shape index (κ1) is 23.1. The summed E-state index contributed by atoms with van der Waals surface area (Å²) < 4.78 is 16.2. The molecular weight excluding hydrogens is 491 g/mol. The van der Waals surface area contributed by atoms with Crippen LogP contribution in [0.25, 0.3) is 16.6 Å². The Balaban J connectivity index is 1.92. The van der Waals surface area contributed by atoms with Gasteiger partial charge in [0.1, 0.15) is 0 Å². The molecule has 0 aromatic carbocycles. The molecule has 1 aliphatic heterocycles. The summed E-state index contributed by atoms with van der Waals surface area (Å²) in [6.45, 7) is 7.87. The monoisotopic (exact) mass is 532 g/mol. The molecule has 0 saturated carbocycles. The Labute approximate surface area is 191 Å². The van der Waals surface area contributed by atoms with Gasteiger partial charge in [-0.05, 0) is 0 Å². The zero-order chi connectivity index (χ0) is 21.7. The minimum absolute atomic E-state index is 0.0439. The van der Waals surface area contributed by atoms with Crippen molar-refractivity contribution in [2.45, 2.75) is 98.1 Å². The van der Waals surface area contributed by atoms with Gasteiger partial charge in [-0.3, -0.25) is 0 Å². The Morgan fingerprint density at radius 1 is 0.968 bits per heavy atom. The van der Waals surface area contributed by atoms with Crippen molar-refractivity contribution in [1.29, 1.82) is 0 Å². The number of hydrogen-bond donors (Lipinski definition) is 0. The topological polar surface area (TPSA) is 44.3 Å². The van der Waals surface area contributed by atoms with Crippen LogP contribution in [0.5, 0.6) is 0 Å². The number of ether oxygens (including phenoxy) is 1. The van der Waals surface area contributed by atoms with Crippen LogP contribution in [0.4, 0.5) is 0 Å². The number of aromatic nitrogens is 4. The summed E-state index contributed by atoms with van der Waals surface area (Å²) >= 11 is -2.73. The molecule has 4 rings (SSSR count). The molecule has 0 N–H and O–H groups in total. The van der Waals surface area contributed by atoms with E-state index in [-0.39, 0.29) is 6.23 Å². The molecule has 1 saturated heterocycles. The van der Waals surface area contributed by atoms with Gasteiger partial charge >= 0.3 is 192 Å². The third-order valence-electron chi connectivity index (χ3n) is 7.14. The van der Waals surface area contributed by atoms with Crippen LogP contribution >= 0.6 is 0 Å². The van der Waals surface area contributed by atoms with E-state index >= 15 is 0 Å². The quantitative estimate of drug-likeness (QED) is 0.268. The first-order valence-electron chi connectivity index (χ1n) is 12.7. The molecule has 31 heavy (non-hydrogen) atoms. The van der Waals surface area contributed by atoms with Crippen LogP contribution in [0.2, 0.25) is 13.3 Å². The first-order chi connectivity index (χ1) is 15.2. The fourth-order valence-electron chi connectivity index (χ4n) is 5.34. The van der Waals surface area contributed by atoms with E-state index in [2.05, 4.69) is 54.4 Å². The van der Waals surface area contributed by atoms with Crippen molar-refractivity contribution in [2.24, 2.45) is 0 Å². The predicted octanol–water partition coefficient (Wildman–Crippen LogP) is 6.44. The summed E-state index contributed by atoms with van der Waals surface area (Å²) in [4.78, 5) is 0. The van der Waals surface area contributed by atoms with E-state index in [9.17, 15) is 0 Å². The first-order valence-corrected chi connectivity index (χ1v) is 20.2. The number of pyridine rings is 1. The van der Waals surface area contributed by atoms with Gasteiger partial charge in [0, 0.05) is 0 Å². The van der Waals surface area contributed by atoms with Gasteiger partial charge in [0.15, 0.2) is 0 Å². The molecule has 1 aliphatic rings. The van der Waals surface area contributed by atoms with E-state index < -0.39 is 18.4 Å².